The summed E-state index contributed by atoms with van der Waals surface area (Å²) in [6.07, 6.45) is -3.26. The first kappa shape index (κ1) is 23.0. The molecule has 176 valence electrons. The van der Waals surface area contributed by atoms with Gasteiger partial charge in [0.05, 0.1) is 24.1 Å². The quantitative estimate of drug-likeness (QED) is 0.468. The van der Waals surface area contributed by atoms with E-state index in [1.54, 1.807) is 35.8 Å². The molecule has 2 heterocycles. The predicted molar refractivity (Wildman–Crippen MR) is 120 cm³/mol. The summed E-state index contributed by atoms with van der Waals surface area (Å²) in [6.45, 7) is 1.51. The van der Waals surface area contributed by atoms with Crippen molar-refractivity contribution in [3.05, 3.63) is 92.9 Å². The van der Waals surface area contributed by atoms with Crippen LogP contribution in [0.1, 0.15) is 18.1 Å². The van der Waals surface area contributed by atoms with Crippen molar-refractivity contribution in [2.24, 2.45) is 0 Å². The molecule has 1 N–H and O–H groups in total. The van der Waals surface area contributed by atoms with E-state index in [0.29, 0.717) is 11.1 Å². The number of para-hydroxylation sites is 1. The third kappa shape index (κ3) is 4.36. The number of imidazole rings is 1. The van der Waals surface area contributed by atoms with Crippen LogP contribution < -0.4 is 16.6 Å². The predicted octanol–water partition coefficient (Wildman–Crippen LogP) is 3.09. The first-order chi connectivity index (χ1) is 16.2. The zero-order chi connectivity index (χ0) is 24.5. The molecule has 11 heteroatoms. The molecule has 0 radical (unpaired) electrons. The second-order valence-electron chi connectivity index (χ2n) is 7.54. The number of fused-ring (bicyclic) bond motifs is 1. The number of amides is 1. The highest BCUT2D eigenvalue weighted by atomic mass is 19.4. The first-order valence-electron chi connectivity index (χ1n) is 10.4. The highest BCUT2D eigenvalue weighted by molar-refractivity contribution is 5.91. The van der Waals surface area contributed by atoms with Crippen molar-refractivity contribution in [2.45, 2.75) is 32.7 Å². The van der Waals surface area contributed by atoms with Gasteiger partial charge in [0.1, 0.15) is 6.54 Å². The summed E-state index contributed by atoms with van der Waals surface area (Å²) in [6, 6.07) is 13.5. The van der Waals surface area contributed by atoms with Gasteiger partial charge in [-0.25, -0.2) is 14.3 Å². The van der Waals surface area contributed by atoms with Gasteiger partial charge in [0.25, 0.3) is 5.56 Å². The van der Waals surface area contributed by atoms with Crippen LogP contribution in [0.3, 0.4) is 0 Å². The van der Waals surface area contributed by atoms with Gasteiger partial charge in [-0.15, -0.1) is 0 Å². The summed E-state index contributed by atoms with van der Waals surface area (Å²) in [5.74, 6) is -0.941. The highest BCUT2D eigenvalue weighted by Gasteiger charge is 2.33. The van der Waals surface area contributed by atoms with Crippen LogP contribution in [0.5, 0.6) is 0 Å². The number of hydrogen-bond acceptors (Lipinski definition) is 4. The normalized spacial score (nSPS) is 11.6. The van der Waals surface area contributed by atoms with Crippen LogP contribution in [0.4, 0.5) is 18.9 Å². The molecule has 1 amide bonds. The number of aromatic nitrogens is 4. The second kappa shape index (κ2) is 9.00. The van der Waals surface area contributed by atoms with E-state index in [0.717, 1.165) is 17.7 Å². The molecule has 0 spiro atoms. The number of carbonyl (C=O) groups excluding carboxylic acids is 1. The van der Waals surface area contributed by atoms with E-state index in [1.165, 1.54) is 23.0 Å². The Labute approximate surface area is 190 Å². The van der Waals surface area contributed by atoms with Crippen LogP contribution in [0.25, 0.3) is 11.2 Å². The molecule has 0 bridgehead atoms. The van der Waals surface area contributed by atoms with Crippen LogP contribution in [0, 0.1) is 0 Å². The monoisotopic (exact) mass is 471 g/mol. The van der Waals surface area contributed by atoms with E-state index in [9.17, 15) is 27.6 Å². The zero-order valence-electron chi connectivity index (χ0n) is 18.0. The maximum absolute atomic E-state index is 13.3. The third-order valence-corrected chi connectivity index (χ3v) is 5.32. The van der Waals surface area contributed by atoms with E-state index >= 15 is 0 Å². The number of anilines is 1. The van der Waals surface area contributed by atoms with Gasteiger partial charge in [-0.3, -0.25) is 14.2 Å². The number of halogens is 3. The van der Waals surface area contributed by atoms with Gasteiger partial charge in [0.2, 0.25) is 5.91 Å². The molecule has 4 rings (SSSR count). The minimum atomic E-state index is -4.68. The molecule has 8 nitrogen and oxygen atoms in total. The number of nitrogens with zero attached hydrogens (tertiary/aromatic N) is 4. The average Bonchev–Trinajstić information content (AvgIpc) is 3.24. The summed E-state index contributed by atoms with van der Waals surface area (Å²) in [5, 5.41) is 2.17. The standard InChI is InChI=1S/C23H20F3N5O3/c1-2-29-14-27-20-19(29)21(33)31(22(34)30(20)12-15-8-4-3-5-9-15)13-18(32)28-17-11-7-6-10-16(17)23(24,25)26/h3-11,14H,2,12-13H2,1H3,(H,28,32). The maximum atomic E-state index is 13.3. The summed E-state index contributed by atoms with van der Waals surface area (Å²) in [7, 11) is 0. The number of hydrogen-bond donors (Lipinski definition) is 1. The van der Waals surface area contributed by atoms with Crippen molar-refractivity contribution >= 4 is 22.8 Å². The summed E-state index contributed by atoms with van der Waals surface area (Å²) >= 11 is 0. The van der Waals surface area contributed by atoms with Crippen molar-refractivity contribution < 1.29 is 18.0 Å². The average molecular weight is 471 g/mol. The van der Waals surface area contributed by atoms with Crippen LogP contribution in [-0.2, 0) is 30.6 Å². The molecule has 0 atom stereocenters. The lowest BCUT2D eigenvalue weighted by atomic mass is 10.1. The lowest BCUT2D eigenvalue weighted by molar-refractivity contribution is -0.137. The fourth-order valence-corrected chi connectivity index (χ4v) is 3.70. The minimum absolute atomic E-state index is 0.0930. The van der Waals surface area contributed by atoms with Crippen LogP contribution in [0.2, 0.25) is 0 Å². The number of alkyl halides is 3. The van der Waals surface area contributed by atoms with Gasteiger partial charge in [0.15, 0.2) is 11.2 Å². The fourth-order valence-electron chi connectivity index (χ4n) is 3.70. The maximum Gasteiger partial charge on any atom is 0.418 e. The Morgan fingerprint density at radius 3 is 2.35 bits per heavy atom. The molecule has 0 unspecified atom stereocenters. The molecule has 2 aromatic carbocycles. The smallest absolute Gasteiger partial charge is 0.325 e. The first-order valence-corrected chi connectivity index (χ1v) is 10.4. The molecule has 2 aromatic heterocycles. The van der Waals surface area contributed by atoms with Crippen LogP contribution in [-0.4, -0.2) is 24.6 Å². The molecule has 0 aliphatic heterocycles. The molecule has 0 fully saturated rings. The van der Waals surface area contributed by atoms with Gasteiger partial charge >= 0.3 is 11.9 Å². The molecular weight excluding hydrogens is 451 g/mol. The Bertz CT molecular complexity index is 1470. The highest BCUT2D eigenvalue weighted by Crippen LogP contribution is 2.34. The Hall–Kier alpha value is -4.15. The number of aryl methyl sites for hydroxylation is 1. The molecule has 0 aliphatic carbocycles. The Kier molecular flexibility index (Phi) is 6.10. The Balaban J connectivity index is 1.77. The molecule has 0 saturated carbocycles. The van der Waals surface area contributed by atoms with Crippen molar-refractivity contribution in [3.8, 4) is 0 Å². The van der Waals surface area contributed by atoms with Crippen LogP contribution >= 0.6 is 0 Å². The van der Waals surface area contributed by atoms with E-state index in [-0.39, 0.29) is 17.7 Å². The van der Waals surface area contributed by atoms with Crippen LogP contribution in [0.15, 0.2) is 70.5 Å². The molecule has 0 saturated heterocycles. The summed E-state index contributed by atoms with van der Waals surface area (Å²) in [4.78, 5) is 43.3. The molecular formula is C23H20F3N5O3. The van der Waals surface area contributed by atoms with Gasteiger partial charge in [0, 0.05) is 6.54 Å². The van der Waals surface area contributed by atoms with Gasteiger partial charge in [-0.2, -0.15) is 13.2 Å². The van der Waals surface area contributed by atoms with E-state index in [4.69, 9.17) is 0 Å². The van der Waals surface area contributed by atoms with E-state index in [2.05, 4.69) is 10.3 Å². The number of carbonyl (C=O) groups is 1. The summed E-state index contributed by atoms with van der Waals surface area (Å²) in [5.41, 5.74) is -1.97. The largest absolute Gasteiger partial charge is 0.418 e. The lowest BCUT2D eigenvalue weighted by Crippen LogP contribution is -2.43. The van der Waals surface area contributed by atoms with Crippen molar-refractivity contribution in [3.63, 3.8) is 0 Å². The summed E-state index contributed by atoms with van der Waals surface area (Å²) < 4.78 is 43.3. The van der Waals surface area contributed by atoms with Gasteiger partial charge in [-0.05, 0) is 24.6 Å². The van der Waals surface area contributed by atoms with Crippen molar-refractivity contribution in [2.75, 3.05) is 5.32 Å². The Morgan fingerprint density at radius 2 is 1.68 bits per heavy atom. The van der Waals surface area contributed by atoms with Gasteiger partial charge in [-0.1, -0.05) is 42.5 Å². The van der Waals surface area contributed by atoms with Crippen molar-refractivity contribution in [1.82, 2.24) is 18.7 Å². The minimum Gasteiger partial charge on any atom is -0.325 e. The number of rotatable bonds is 6. The van der Waals surface area contributed by atoms with Crippen molar-refractivity contribution in [1.29, 1.82) is 0 Å². The molecule has 34 heavy (non-hydrogen) atoms. The Morgan fingerprint density at radius 1 is 1.00 bits per heavy atom. The second-order valence-corrected chi connectivity index (χ2v) is 7.54. The lowest BCUT2D eigenvalue weighted by Gasteiger charge is -2.15. The molecule has 0 aliphatic rings. The van der Waals surface area contributed by atoms with E-state index in [1.807, 2.05) is 6.07 Å². The van der Waals surface area contributed by atoms with Gasteiger partial charge < -0.3 is 9.88 Å². The number of nitrogens with one attached hydrogen (secondary N) is 1. The van der Waals surface area contributed by atoms with E-state index < -0.39 is 41.1 Å². The third-order valence-electron chi connectivity index (χ3n) is 5.32. The number of benzene rings is 2. The fraction of sp³-hybridized carbons (Fsp3) is 0.217. The molecule has 4 aromatic rings. The SMILES string of the molecule is CCn1cnc2c1c(=O)n(CC(=O)Nc1ccccc1C(F)(F)F)c(=O)n2Cc1ccccc1. The topological polar surface area (TPSA) is 90.9 Å². The zero-order valence-corrected chi connectivity index (χ0v) is 18.0.